The minimum atomic E-state index is 0.461. The van der Waals surface area contributed by atoms with Crippen LogP contribution in [0.5, 0.6) is 0 Å². The first-order valence-electron chi connectivity index (χ1n) is 7.80. The van der Waals surface area contributed by atoms with Crippen molar-refractivity contribution in [3.63, 3.8) is 0 Å². The van der Waals surface area contributed by atoms with Crippen molar-refractivity contribution in [3.05, 3.63) is 83.4 Å². The Bertz CT molecular complexity index is 834. The number of anilines is 2. The van der Waals surface area contributed by atoms with E-state index in [1.807, 2.05) is 6.07 Å². The van der Waals surface area contributed by atoms with Crippen LogP contribution in [0.4, 0.5) is 11.4 Å². The average Bonchev–Trinajstić information content (AvgIpc) is 2.82. The normalized spacial score (nSPS) is 15.3. The van der Waals surface area contributed by atoms with E-state index in [1.165, 1.54) is 33.5 Å². The Morgan fingerprint density at radius 3 is 2.32 bits per heavy atom. The molecule has 1 heteroatoms. The van der Waals surface area contributed by atoms with Crippen molar-refractivity contribution in [2.45, 2.75) is 19.8 Å². The number of hydrogen-bond donors (Lipinski definition) is 1. The molecule has 1 nitrogen and oxygen atoms in total. The molecule has 108 valence electrons. The van der Waals surface area contributed by atoms with E-state index in [1.54, 1.807) is 0 Å². The van der Waals surface area contributed by atoms with E-state index in [4.69, 9.17) is 0 Å². The van der Waals surface area contributed by atoms with Crippen LogP contribution >= 0.6 is 0 Å². The van der Waals surface area contributed by atoms with Crippen molar-refractivity contribution < 1.29 is 0 Å². The fourth-order valence-electron chi connectivity index (χ4n) is 3.42. The maximum absolute atomic E-state index is 3.55. The first-order valence-corrected chi connectivity index (χ1v) is 7.80. The van der Waals surface area contributed by atoms with Gasteiger partial charge in [-0.25, -0.2) is 0 Å². The first-order chi connectivity index (χ1) is 10.7. The van der Waals surface area contributed by atoms with Crippen LogP contribution in [0, 0.1) is 6.92 Å². The molecule has 0 bridgehead atoms. The molecule has 1 N–H and O–H groups in total. The summed E-state index contributed by atoms with van der Waals surface area (Å²) in [5, 5.41) is 3.55. The van der Waals surface area contributed by atoms with Gasteiger partial charge in [-0.05, 0) is 59.0 Å². The van der Waals surface area contributed by atoms with Gasteiger partial charge >= 0.3 is 0 Å². The Hall–Kier alpha value is -2.54. The molecule has 22 heavy (non-hydrogen) atoms. The van der Waals surface area contributed by atoms with Crippen molar-refractivity contribution >= 4 is 11.4 Å². The third-order valence-corrected chi connectivity index (χ3v) is 4.63. The van der Waals surface area contributed by atoms with Crippen molar-refractivity contribution in [2.24, 2.45) is 0 Å². The number of benzene rings is 3. The van der Waals surface area contributed by atoms with E-state index >= 15 is 0 Å². The highest BCUT2D eigenvalue weighted by molar-refractivity contribution is 5.82. The van der Waals surface area contributed by atoms with E-state index in [-0.39, 0.29) is 0 Å². The van der Waals surface area contributed by atoms with Crippen LogP contribution in [0.2, 0.25) is 0 Å². The fraction of sp³-hybridized carbons (Fsp3) is 0.143. The summed E-state index contributed by atoms with van der Waals surface area (Å²) in [4.78, 5) is 0. The Balaban J connectivity index is 1.80. The number of fused-ring (bicyclic) bond motifs is 3. The lowest BCUT2D eigenvalue weighted by Crippen LogP contribution is -1.96. The average molecular weight is 285 g/mol. The molecule has 1 unspecified atom stereocenters. The lowest BCUT2D eigenvalue weighted by Gasteiger charge is -2.14. The quantitative estimate of drug-likeness (QED) is 0.620. The van der Waals surface area contributed by atoms with Gasteiger partial charge in [-0.1, -0.05) is 49.4 Å². The highest BCUT2D eigenvalue weighted by Crippen LogP contribution is 2.46. The minimum Gasteiger partial charge on any atom is -0.355 e. The zero-order valence-corrected chi connectivity index (χ0v) is 12.9. The second-order valence-electron chi connectivity index (χ2n) is 6.05. The molecule has 1 aliphatic carbocycles. The van der Waals surface area contributed by atoms with E-state index in [2.05, 4.69) is 79.8 Å². The van der Waals surface area contributed by atoms with Gasteiger partial charge in [-0.15, -0.1) is 0 Å². The molecule has 0 heterocycles. The summed E-state index contributed by atoms with van der Waals surface area (Å²) in [6.07, 6.45) is 0. The topological polar surface area (TPSA) is 12.0 Å². The van der Waals surface area contributed by atoms with Gasteiger partial charge in [0.1, 0.15) is 0 Å². The molecule has 0 amide bonds. The van der Waals surface area contributed by atoms with Gasteiger partial charge < -0.3 is 5.32 Å². The summed E-state index contributed by atoms with van der Waals surface area (Å²) < 4.78 is 0. The van der Waals surface area contributed by atoms with Crippen LogP contribution in [0.1, 0.15) is 29.5 Å². The fourth-order valence-corrected chi connectivity index (χ4v) is 3.42. The van der Waals surface area contributed by atoms with Crippen LogP contribution in [0.15, 0.2) is 66.7 Å². The largest absolute Gasteiger partial charge is 0.355 e. The van der Waals surface area contributed by atoms with Gasteiger partial charge in [0.15, 0.2) is 0 Å². The molecule has 3 aromatic carbocycles. The molecule has 0 fully saturated rings. The van der Waals surface area contributed by atoms with Gasteiger partial charge in [-0.2, -0.15) is 0 Å². The summed E-state index contributed by atoms with van der Waals surface area (Å²) >= 11 is 0. The second-order valence-corrected chi connectivity index (χ2v) is 6.05. The zero-order valence-electron chi connectivity index (χ0n) is 12.9. The summed E-state index contributed by atoms with van der Waals surface area (Å²) in [5.41, 5.74) is 9.25. The van der Waals surface area contributed by atoms with Gasteiger partial charge in [0.05, 0.1) is 0 Å². The summed E-state index contributed by atoms with van der Waals surface area (Å²) in [5.74, 6) is 0.461. The number of aryl methyl sites for hydroxylation is 1. The smallest absolute Gasteiger partial charge is 0.0417 e. The third kappa shape index (κ3) is 2.01. The first kappa shape index (κ1) is 13.1. The van der Waals surface area contributed by atoms with Crippen molar-refractivity contribution in [2.75, 3.05) is 5.32 Å². The van der Waals surface area contributed by atoms with Crippen molar-refractivity contribution in [1.29, 1.82) is 0 Å². The predicted octanol–water partition coefficient (Wildman–Crippen LogP) is 5.87. The lowest BCUT2D eigenvalue weighted by molar-refractivity contribution is 0.956. The molecule has 3 aromatic rings. The van der Waals surface area contributed by atoms with Crippen LogP contribution < -0.4 is 5.32 Å². The highest BCUT2D eigenvalue weighted by Gasteiger charge is 2.25. The molecular formula is C21H19N. The van der Waals surface area contributed by atoms with Gasteiger partial charge in [0.2, 0.25) is 0 Å². The number of para-hydroxylation sites is 1. The van der Waals surface area contributed by atoms with Crippen molar-refractivity contribution in [3.8, 4) is 11.1 Å². The summed E-state index contributed by atoms with van der Waals surface area (Å²) in [7, 11) is 0. The monoisotopic (exact) mass is 285 g/mol. The highest BCUT2D eigenvalue weighted by atomic mass is 14.9. The molecular weight excluding hydrogens is 266 g/mol. The van der Waals surface area contributed by atoms with Crippen LogP contribution in [-0.4, -0.2) is 0 Å². The Kier molecular flexibility index (Phi) is 3.00. The van der Waals surface area contributed by atoms with Crippen molar-refractivity contribution in [1.82, 2.24) is 0 Å². The number of hydrogen-bond acceptors (Lipinski definition) is 1. The number of nitrogens with one attached hydrogen (secondary N) is 1. The van der Waals surface area contributed by atoms with E-state index in [0.29, 0.717) is 5.92 Å². The van der Waals surface area contributed by atoms with Crippen LogP contribution in [-0.2, 0) is 0 Å². The van der Waals surface area contributed by atoms with E-state index < -0.39 is 0 Å². The molecule has 0 aromatic heterocycles. The Labute approximate surface area is 131 Å². The molecule has 0 saturated heterocycles. The Morgan fingerprint density at radius 1 is 0.773 bits per heavy atom. The Morgan fingerprint density at radius 2 is 1.50 bits per heavy atom. The molecule has 0 saturated carbocycles. The molecule has 1 aliphatic rings. The maximum atomic E-state index is 3.55. The predicted molar refractivity (Wildman–Crippen MR) is 93.9 cm³/mol. The molecule has 1 atom stereocenters. The van der Waals surface area contributed by atoms with Gasteiger partial charge in [-0.3, -0.25) is 0 Å². The van der Waals surface area contributed by atoms with E-state index in [0.717, 1.165) is 5.69 Å². The number of rotatable bonds is 2. The van der Waals surface area contributed by atoms with Gasteiger partial charge in [0.25, 0.3) is 0 Å². The van der Waals surface area contributed by atoms with Crippen LogP contribution in [0.3, 0.4) is 0 Å². The second kappa shape index (κ2) is 5.03. The summed E-state index contributed by atoms with van der Waals surface area (Å²) in [6.45, 7) is 4.48. The SMILES string of the molecule is Cc1cc2c(cc1Nc1ccccc1)C(C)c1ccccc1-2. The van der Waals surface area contributed by atoms with E-state index in [9.17, 15) is 0 Å². The van der Waals surface area contributed by atoms with Crippen LogP contribution in [0.25, 0.3) is 11.1 Å². The van der Waals surface area contributed by atoms with Gasteiger partial charge in [0, 0.05) is 17.3 Å². The zero-order chi connectivity index (χ0) is 15.1. The third-order valence-electron chi connectivity index (χ3n) is 4.63. The summed E-state index contributed by atoms with van der Waals surface area (Å²) in [6, 6.07) is 23.8. The molecule has 0 aliphatic heterocycles. The molecule has 4 rings (SSSR count). The standard InChI is InChI=1S/C21H19N/c1-14-12-20-18-11-7-6-10-17(18)15(2)19(20)13-21(14)22-16-8-4-3-5-9-16/h3-13,15,22H,1-2H3. The minimum absolute atomic E-state index is 0.461. The molecule has 0 spiro atoms. The maximum Gasteiger partial charge on any atom is 0.0417 e. The molecule has 0 radical (unpaired) electrons. The lowest BCUT2D eigenvalue weighted by atomic mass is 9.97.